The number of hydrogen-bond donors (Lipinski definition) is 2. The number of carboxylic acid groups (broad SMARTS) is 2. The molecule has 0 amide bonds. The highest BCUT2D eigenvalue weighted by molar-refractivity contribution is 6.87. The summed E-state index contributed by atoms with van der Waals surface area (Å²) in [6.07, 6.45) is 0. The van der Waals surface area contributed by atoms with Gasteiger partial charge in [0.25, 0.3) is 0 Å². The summed E-state index contributed by atoms with van der Waals surface area (Å²) in [5.41, 5.74) is 0.0432. The lowest BCUT2D eigenvalue weighted by Crippen LogP contribution is -2.33. The third-order valence-electron chi connectivity index (χ3n) is 2.04. The van der Waals surface area contributed by atoms with E-state index in [2.05, 4.69) is 0 Å². The lowest BCUT2D eigenvalue weighted by Gasteiger charge is -2.21. The SMILES string of the molecule is CC(C)C(C(=O)O)=C(C(=O)O)[Si](C)(C)C. The van der Waals surface area contributed by atoms with Crippen LogP contribution >= 0.6 is 0 Å². The van der Waals surface area contributed by atoms with Crippen LogP contribution in [0.25, 0.3) is 0 Å². The summed E-state index contributed by atoms with van der Waals surface area (Å²) in [5.74, 6) is -2.49. The molecule has 0 aliphatic rings. The molecule has 0 atom stereocenters. The van der Waals surface area contributed by atoms with Gasteiger partial charge in [-0.3, -0.25) is 0 Å². The van der Waals surface area contributed by atoms with Gasteiger partial charge in [-0.05, 0) is 5.92 Å². The molecule has 0 fully saturated rings. The molecule has 2 N–H and O–H groups in total. The summed E-state index contributed by atoms with van der Waals surface area (Å²) in [7, 11) is -2.14. The number of aliphatic carboxylic acids is 2. The minimum absolute atomic E-state index is 0.0432. The first kappa shape index (κ1) is 13.9. The largest absolute Gasteiger partial charge is 0.478 e. The first-order chi connectivity index (χ1) is 6.59. The summed E-state index contributed by atoms with van der Waals surface area (Å²) >= 11 is 0. The molecule has 0 heterocycles. The minimum Gasteiger partial charge on any atom is -0.478 e. The van der Waals surface area contributed by atoms with Crippen LogP contribution in [0.15, 0.2) is 10.8 Å². The average molecular weight is 230 g/mol. The van der Waals surface area contributed by atoms with E-state index in [0.29, 0.717) is 0 Å². The summed E-state index contributed by atoms with van der Waals surface area (Å²) in [6.45, 7) is 8.91. The van der Waals surface area contributed by atoms with Gasteiger partial charge in [-0.2, -0.15) is 0 Å². The zero-order valence-electron chi connectivity index (χ0n) is 9.79. The maximum absolute atomic E-state index is 11.1. The molecule has 0 radical (unpaired) electrons. The van der Waals surface area contributed by atoms with Gasteiger partial charge < -0.3 is 10.2 Å². The van der Waals surface area contributed by atoms with Gasteiger partial charge in [-0.15, -0.1) is 0 Å². The Kier molecular flexibility index (Phi) is 4.27. The lowest BCUT2D eigenvalue weighted by atomic mass is 10.0. The van der Waals surface area contributed by atoms with Crippen LogP contribution in [0.1, 0.15) is 13.8 Å². The van der Waals surface area contributed by atoms with Gasteiger partial charge in [0.2, 0.25) is 0 Å². The normalized spacial score (nSPS) is 13.7. The zero-order chi connectivity index (χ0) is 12.4. The zero-order valence-corrected chi connectivity index (χ0v) is 10.8. The molecule has 0 saturated heterocycles. The Bertz CT molecular complexity index is 310. The minimum atomic E-state index is -2.14. The first-order valence-electron chi connectivity index (χ1n) is 4.80. The summed E-state index contributed by atoms with van der Waals surface area (Å²) in [6, 6.07) is 0. The molecule has 0 spiro atoms. The highest BCUT2D eigenvalue weighted by Gasteiger charge is 2.32. The number of rotatable bonds is 4. The molecule has 0 rings (SSSR count). The average Bonchev–Trinajstić information content (AvgIpc) is 1.94. The van der Waals surface area contributed by atoms with Crippen molar-refractivity contribution in [3.63, 3.8) is 0 Å². The Labute approximate surface area is 90.6 Å². The molecule has 0 bridgehead atoms. The molecule has 0 aliphatic carbocycles. The molecule has 0 unspecified atom stereocenters. The Balaban J connectivity index is 5.81. The monoisotopic (exact) mass is 230 g/mol. The van der Waals surface area contributed by atoms with Crippen molar-refractivity contribution in [1.29, 1.82) is 0 Å². The second-order valence-corrected chi connectivity index (χ2v) is 9.80. The van der Waals surface area contributed by atoms with Gasteiger partial charge in [-0.1, -0.05) is 33.5 Å². The molecule has 0 saturated carbocycles. The van der Waals surface area contributed by atoms with Crippen molar-refractivity contribution in [2.24, 2.45) is 5.92 Å². The van der Waals surface area contributed by atoms with Gasteiger partial charge in [-0.25, -0.2) is 9.59 Å². The van der Waals surface area contributed by atoms with Crippen LogP contribution in [0.4, 0.5) is 0 Å². The molecule has 0 aromatic carbocycles. The third-order valence-corrected chi connectivity index (χ3v) is 4.02. The Morgan fingerprint density at radius 1 is 1.00 bits per heavy atom. The number of carboxylic acids is 2. The molecular formula is C10H18O4Si. The van der Waals surface area contributed by atoms with Crippen molar-refractivity contribution in [3.8, 4) is 0 Å². The molecule has 15 heavy (non-hydrogen) atoms. The van der Waals surface area contributed by atoms with E-state index in [9.17, 15) is 9.59 Å². The van der Waals surface area contributed by atoms with E-state index in [-0.39, 0.29) is 16.7 Å². The van der Waals surface area contributed by atoms with Crippen LogP contribution in [0.5, 0.6) is 0 Å². The summed E-state index contributed by atoms with van der Waals surface area (Å²) < 4.78 is 0. The molecule has 86 valence electrons. The van der Waals surface area contributed by atoms with E-state index < -0.39 is 20.0 Å². The van der Waals surface area contributed by atoms with E-state index in [0.717, 1.165) is 0 Å². The van der Waals surface area contributed by atoms with Crippen molar-refractivity contribution in [2.75, 3.05) is 0 Å². The Morgan fingerprint density at radius 3 is 1.47 bits per heavy atom. The number of hydrogen-bond acceptors (Lipinski definition) is 2. The highest BCUT2D eigenvalue weighted by atomic mass is 28.3. The van der Waals surface area contributed by atoms with Crippen LogP contribution in [0, 0.1) is 5.92 Å². The van der Waals surface area contributed by atoms with E-state index >= 15 is 0 Å². The van der Waals surface area contributed by atoms with Crippen LogP contribution in [-0.2, 0) is 9.59 Å². The van der Waals surface area contributed by atoms with Crippen LogP contribution in [0.2, 0.25) is 19.6 Å². The maximum atomic E-state index is 11.1. The topological polar surface area (TPSA) is 74.6 Å². The van der Waals surface area contributed by atoms with Crippen LogP contribution < -0.4 is 0 Å². The molecule has 0 aromatic heterocycles. The number of carbonyl (C=O) groups is 2. The van der Waals surface area contributed by atoms with Crippen molar-refractivity contribution in [3.05, 3.63) is 10.8 Å². The fourth-order valence-electron chi connectivity index (χ4n) is 1.48. The second-order valence-electron chi connectivity index (χ2n) is 4.80. The smallest absolute Gasteiger partial charge is 0.331 e. The third kappa shape index (κ3) is 3.51. The molecule has 0 aliphatic heterocycles. The van der Waals surface area contributed by atoms with Crippen molar-refractivity contribution < 1.29 is 19.8 Å². The van der Waals surface area contributed by atoms with Crippen molar-refractivity contribution >= 4 is 20.0 Å². The van der Waals surface area contributed by atoms with E-state index in [4.69, 9.17) is 10.2 Å². The molecule has 4 nitrogen and oxygen atoms in total. The van der Waals surface area contributed by atoms with Crippen LogP contribution in [0.3, 0.4) is 0 Å². The van der Waals surface area contributed by atoms with Gasteiger partial charge in [0.05, 0.1) is 8.07 Å². The van der Waals surface area contributed by atoms with Crippen molar-refractivity contribution in [1.82, 2.24) is 0 Å². The predicted octanol–water partition coefficient (Wildman–Crippen LogP) is 1.99. The second kappa shape index (κ2) is 4.61. The molecular weight excluding hydrogens is 212 g/mol. The van der Waals surface area contributed by atoms with E-state index in [1.807, 2.05) is 19.6 Å². The Hall–Kier alpha value is -1.10. The fraction of sp³-hybridized carbons (Fsp3) is 0.600. The summed E-state index contributed by atoms with van der Waals surface area (Å²) in [5, 5.41) is 18.2. The standard InChI is InChI=1S/C10H18O4Si/c1-6(2)7(9(11)12)8(10(13)14)15(3,4)5/h6H,1-5H3,(H,11,12)(H,13,14). The van der Waals surface area contributed by atoms with Gasteiger partial charge in [0.15, 0.2) is 0 Å². The summed E-state index contributed by atoms with van der Waals surface area (Å²) in [4.78, 5) is 22.1. The predicted molar refractivity (Wildman–Crippen MR) is 60.5 cm³/mol. The lowest BCUT2D eigenvalue weighted by molar-refractivity contribution is -0.135. The molecule has 0 aromatic rings. The van der Waals surface area contributed by atoms with Crippen LogP contribution in [-0.4, -0.2) is 30.2 Å². The van der Waals surface area contributed by atoms with Gasteiger partial charge in [0, 0.05) is 10.8 Å². The first-order valence-corrected chi connectivity index (χ1v) is 8.30. The Morgan fingerprint density at radius 2 is 1.40 bits per heavy atom. The van der Waals surface area contributed by atoms with Gasteiger partial charge in [0.1, 0.15) is 0 Å². The molecule has 5 heteroatoms. The fourth-order valence-corrected chi connectivity index (χ4v) is 3.33. The van der Waals surface area contributed by atoms with Gasteiger partial charge >= 0.3 is 11.9 Å². The van der Waals surface area contributed by atoms with E-state index in [1.54, 1.807) is 13.8 Å². The quantitative estimate of drug-likeness (QED) is 0.572. The van der Waals surface area contributed by atoms with Crippen molar-refractivity contribution in [2.45, 2.75) is 33.5 Å². The maximum Gasteiger partial charge on any atom is 0.331 e. The van der Waals surface area contributed by atoms with E-state index in [1.165, 1.54) is 0 Å². The highest BCUT2D eigenvalue weighted by Crippen LogP contribution is 2.24.